The second-order valence-electron chi connectivity index (χ2n) is 9.83. The topological polar surface area (TPSA) is 12.0 Å². The molecule has 0 saturated heterocycles. The third kappa shape index (κ3) is 3.71. The molecule has 0 aliphatic heterocycles. The van der Waals surface area contributed by atoms with Crippen LogP contribution < -0.4 is 5.32 Å². The third-order valence-corrected chi connectivity index (χ3v) is 7.22. The van der Waals surface area contributed by atoms with E-state index in [1.54, 1.807) is 19.3 Å². The second-order valence-corrected chi connectivity index (χ2v) is 9.83. The molecule has 0 aromatic carbocycles. The molecule has 3 fully saturated rings. The zero-order valence-corrected chi connectivity index (χ0v) is 15.5. The maximum atomic E-state index is 3.82. The molecule has 0 radical (unpaired) electrons. The van der Waals surface area contributed by atoms with Crippen molar-refractivity contribution in [3.05, 3.63) is 0 Å². The van der Waals surface area contributed by atoms with Crippen LogP contribution in [0.2, 0.25) is 0 Å². The zero-order valence-electron chi connectivity index (χ0n) is 15.5. The SMILES string of the molecule is C[C@@H]1CC2C(C3CCCCC3)CCCC2C1CNC(C)(C)C. The molecule has 0 heterocycles. The number of fused-ring (bicyclic) bond motifs is 1. The highest BCUT2D eigenvalue weighted by molar-refractivity contribution is 4.98. The van der Waals surface area contributed by atoms with E-state index in [0.29, 0.717) is 0 Å². The van der Waals surface area contributed by atoms with Crippen LogP contribution in [0.15, 0.2) is 0 Å². The summed E-state index contributed by atoms with van der Waals surface area (Å²) in [6.45, 7) is 10.7. The average Bonchev–Trinajstić information content (AvgIpc) is 2.80. The van der Waals surface area contributed by atoms with Crippen LogP contribution in [0.25, 0.3) is 0 Å². The van der Waals surface area contributed by atoms with Crippen LogP contribution in [0.5, 0.6) is 0 Å². The van der Waals surface area contributed by atoms with Gasteiger partial charge in [-0.15, -0.1) is 0 Å². The van der Waals surface area contributed by atoms with Gasteiger partial charge in [-0.3, -0.25) is 0 Å². The van der Waals surface area contributed by atoms with Crippen LogP contribution in [-0.4, -0.2) is 12.1 Å². The fraction of sp³-hybridized carbons (Fsp3) is 1.00. The van der Waals surface area contributed by atoms with Crippen LogP contribution >= 0.6 is 0 Å². The van der Waals surface area contributed by atoms with Gasteiger partial charge in [-0.2, -0.15) is 0 Å². The van der Waals surface area contributed by atoms with Crippen molar-refractivity contribution in [3.8, 4) is 0 Å². The summed E-state index contributed by atoms with van der Waals surface area (Å²) in [5.74, 6) is 6.15. The molecule has 0 aromatic rings. The van der Waals surface area contributed by atoms with E-state index in [2.05, 4.69) is 33.0 Å². The first-order valence-electron chi connectivity index (χ1n) is 10.2. The summed E-state index contributed by atoms with van der Waals surface area (Å²) in [6, 6.07) is 0. The molecule has 0 spiro atoms. The maximum absolute atomic E-state index is 3.82. The Morgan fingerprint density at radius 3 is 2.18 bits per heavy atom. The number of nitrogens with one attached hydrogen (secondary N) is 1. The van der Waals surface area contributed by atoms with E-state index in [1.165, 1.54) is 45.1 Å². The monoisotopic (exact) mass is 305 g/mol. The molecule has 0 bridgehead atoms. The fourth-order valence-corrected chi connectivity index (χ4v) is 6.17. The largest absolute Gasteiger partial charge is 0.312 e. The highest BCUT2D eigenvalue weighted by Gasteiger charge is 2.47. The summed E-state index contributed by atoms with van der Waals surface area (Å²) in [5.41, 5.74) is 0.273. The van der Waals surface area contributed by atoms with Crippen molar-refractivity contribution in [2.45, 2.75) is 91.0 Å². The van der Waals surface area contributed by atoms with E-state index in [1.807, 2.05) is 0 Å². The van der Waals surface area contributed by atoms with Gasteiger partial charge < -0.3 is 5.32 Å². The number of hydrogen-bond acceptors (Lipinski definition) is 1. The minimum absolute atomic E-state index is 0.273. The van der Waals surface area contributed by atoms with Crippen LogP contribution in [0.3, 0.4) is 0 Å². The van der Waals surface area contributed by atoms with Gasteiger partial charge in [-0.1, -0.05) is 45.4 Å². The predicted molar refractivity (Wildman–Crippen MR) is 95.9 cm³/mol. The van der Waals surface area contributed by atoms with Crippen molar-refractivity contribution in [1.82, 2.24) is 5.32 Å². The molecule has 1 heteroatoms. The van der Waals surface area contributed by atoms with Crippen LogP contribution in [0, 0.1) is 35.5 Å². The Kier molecular flexibility index (Phi) is 5.22. The Bertz CT molecular complexity index is 349. The fourth-order valence-electron chi connectivity index (χ4n) is 6.17. The normalized spacial score (nSPS) is 40.6. The van der Waals surface area contributed by atoms with E-state index in [9.17, 15) is 0 Å². The smallest absolute Gasteiger partial charge is 0.00966 e. The van der Waals surface area contributed by atoms with Crippen molar-refractivity contribution in [3.63, 3.8) is 0 Å². The first-order chi connectivity index (χ1) is 10.5. The molecular formula is C21H39N. The highest BCUT2D eigenvalue weighted by Crippen LogP contribution is 2.54. The summed E-state index contributed by atoms with van der Waals surface area (Å²) >= 11 is 0. The molecule has 3 aliphatic rings. The molecule has 3 rings (SSSR count). The van der Waals surface area contributed by atoms with Gasteiger partial charge in [-0.05, 0) is 82.1 Å². The van der Waals surface area contributed by atoms with Gasteiger partial charge in [-0.25, -0.2) is 0 Å². The summed E-state index contributed by atoms with van der Waals surface area (Å²) in [7, 11) is 0. The Morgan fingerprint density at radius 1 is 0.818 bits per heavy atom. The van der Waals surface area contributed by atoms with Crippen molar-refractivity contribution >= 4 is 0 Å². The minimum atomic E-state index is 0.273. The Morgan fingerprint density at radius 2 is 1.50 bits per heavy atom. The van der Waals surface area contributed by atoms with Gasteiger partial charge >= 0.3 is 0 Å². The standard InChI is InChI=1S/C21H39N/c1-15-13-19-17(16-9-6-5-7-10-16)11-8-12-18(19)20(15)14-22-21(2,3)4/h15-20,22H,5-14H2,1-4H3/t15-,17?,18?,19?,20?/m1/s1. The Hall–Kier alpha value is -0.0400. The second kappa shape index (κ2) is 6.83. The minimum Gasteiger partial charge on any atom is -0.312 e. The molecule has 128 valence electrons. The van der Waals surface area contributed by atoms with Crippen LogP contribution in [0.4, 0.5) is 0 Å². The maximum Gasteiger partial charge on any atom is 0.00966 e. The predicted octanol–water partition coefficient (Wildman–Crippen LogP) is 5.64. The third-order valence-electron chi connectivity index (χ3n) is 7.22. The van der Waals surface area contributed by atoms with Gasteiger partial charge in [0.1, 0.15) is 0 Å². The first kappa shape index (κ1) is 16.8. The van der Waals surface area contributed by atoms with Gasteiger partial charge in [0.25, 0.3) is 0 Å². The lowest BCUT2D eigenvalue weighted by Gasteiger charge is -2.42. The molecular weight excluding hydrogens is 266 g/mol. The van der Waals surface area contributed by atoms with E-state index >= 15 is 0 Å². The van der Waals surface area contributed by atoms with Gasteiger partial charge in [0.2, 0.25) is 0 Å². The summed E-state index contributed by atoms with van der Waals surface area (Å²) in [4.78, 5) is 0. The Labute approximate surface area is 139 Å². The van der Waals surface area contributed by atoms with E-state index in [0.717, 1.165) is 35.5 Å². The lowest BCUT2D eigenvalue weighted by atomic mass is 9.64. The van der Waals surface area contributed by atoms with Gasteiger partial charge in [0.05, 0.1) is 0 Å². The number of rotatable bonds is 3. The molecule has 3 aliphatic carbocycles. The summed E-state index contributed by atoms with van der Waals surface area (Å²) in [5, 5.41) is 3.82. The molecule has 0 amide bonds. The highest BCUT2D eigenvalue weighted by atomic mass is 14.9. The quantitative estimate of drug-likeness (QED) is 0.711. The molecule has 5 atom stereocenters. The Balaban J connectivity index is 1.65. The van der Waals surface area contributed by atoms with Crippen LogP contribution in [0.1, 0.15) is 85.5 Å². The van der Waals surface area contributed by atoms with Crippen molar-refractivity contribution in [2.24, 2.45) is 35.5 Å². The van der Waals surface area contributed by atoms with Gasteiger partial charge in [0.15, 0.2) is 0 Å². The molecule has 3 saturated carbocycles. The summed E-state index contributed by atoms with van der Waals surface area (Å²) < 4.78 is 0. The summed E-state index contributed by atoms with van der Waals surface area (Å²) in [6.07, 6.45) is 13.8. The van der Waals surface area contributed by atoms with Crippen molar-refractivity contribution in [2.75, 3.05) is 6.54 Å². The van der Waals surface area contributed by atoms with Crippen LogP contribution in [-0.2, 0) is 0 Å². The molecule has 4 unspecified atom stereocenters. The number of hydrogen-bond donors (Lipinski definition) is 1. The van der Waals surface area contributed by atoms with E-state index in [-0.39, 0.29) is 5.54 Å². The average molecular weight is 306 g/mol. The van der Waals surface area contributed by atoms with Crippen molar-refractivity contribution in [1.29, 1.82) is 0 Å². The zero-order chi connectivity index (χ0) is 15.7. The molecule has 22 heavy (non-hydrogen) atoms. The molecule has 0 aromatic heterocycles. The van der Waals surface area contributed by atoms with Gasteiger partial charge in [0, 0.05) is 5.54 Å². The molecule has 1 N–H and O–H groups in total. The molecule has 1 nitrogen and oxygen atoms in total. The van der Waals surface area contributed by atoms with E-state index in [4.69, 9.17) is 0 Å². The lowest BCUT2D eigenvalue weighted by Crippen LogP contribution is -2.42. The lowest BCUT2D eigenvalue weighted by molar-refractivity contribution is 0.0831. The van der Waals surface area contributed by atoms with E-state index < -0.39 is 0 Å². The van der Waals surface area contributed by atoms with Crippen molar-refractivity contribution < 1.29 is 0 Å². The first-order valence-corrected chi connectivity index (χ1v) is 10.2.